The van der Waals surface area contributed by atoms with E-state index in [4.69, 9.17) is 16.7 Å². The van der Waals surface area contributed by atoms with E-state index in [0.29, 0.717) is 19.4 Å². The first-order valence-corrected chi connectivity index (χ1v) is 7.45. The van der Waals surface area contributed by atoms with Crippen LogP contribution in [0.25, 0.3) is 0 Å². The summed E-state index contributed by atoms with van der Waals surface area (Å²) in [5.74, 6) is -3.66. The van der Waals surface area contributed by atoms with E-state index >= 15 is 0 Å². The molecule has 0 radical (unpaired) electrons. The fourth-order valence-electron chi connectivity index (χ4n) is 2.70. The minimum atomic E-state index is -1.13. The van der Waals surface area contributed by atoms with Crippen molar-refractivity contribution in [1.82, 2.24) is 4.90 Å². The molecule has 1 atom stereocenters. The van der Waals surface area contributed by atoms with Crippen LogP contribution in [0.5, 0.6) is 0 Å². The molecule has 4 nitrogen and oxygen atoms in total. The Hall–Kier alpha value is -1.69. The van der Waals surface area contributed by atoms with Gasteiger partial charge in [0.15, 0.2) is 11.6 Å². The Kier molecular flexibility index (Phi) is 5.34. The molecule has 1 fully saturated rings. The molecule has 0 bridgehead atoms. The Labute approximate surface area is 131 Å². The van der Waals surface area contributed by atoms with E-state index in [1.54, 1.807) is 0 Å². The monoisotopic (exact) mass is 331 g/mol. The van der Waals surface area contributed by atoms with Crippen LogP contribution in [0.3, 0.4) is 0 Å². The number of carbonyl (C=O) groups excluding carboxylic acids is 1. The number of hydrogen-bond acceptors (Lipinski definition) is 2. The van der Waals surface area contributed by atoms with E-state index in [9.17, 15) is 18.4 Å². The smallest absolute Gasteiger partial charge is 0.303 e. The molecule has 1 heterocycles. The third-order valence-corrected chi connectivity index (χ3v) is 4.13. The van der Waals surface area contributed by atoms with E-state index in [0.717, 1.165) is 25.0 Å². The third-order valence-electron chi connectivity index (χ3n) is 3.82. The lowest BCUT2D eigenvalue weighted by Crippen LogP contribution is -2.44. The molecule has 7 heteroatoms. The lowest BCUT2D eigenvalue weighted by atomic mass is 9.97. The van der Waals surface area contributed by atoms with Gasteiger partial charge in [-0.05, 0) is 37.8 Å². The zero-order valence-electron chi connectivity index (χ0n) is 11.8. The van der Waals surface area contributed by atoms with E-state index in [-0.39, 0.29) is 23.0 Å². The highest BCUT2D eigenvalue weighted by Crippen LogP contribution is 2.27. The number of halogens is 3. The largest absolute Gasteiger partial charge is 0.481 e. The molecule has 0 spiro atoms. The summed E-state index contributed by atoms with van der Waals surface area (Å²) in [6.07, 6.45) is 2.68. The highest BCUT2D eigenvalue weighted by atomic mass is 35.5. The Morgan fingerprint density at radius 2 is 1.95 bits per heavy atom. The Morgan fingerprint density at radius 3 is 2.64 bits per heavy atom. The van der Waals surface area contributed by atoms with Gasteiger partial charge >= 0.3 is 5.97 Å². The highest BCUT2D eigenvalue weighted by Gasteiger charge is 2.29. The number of amides is 1. The van der Waals surface area contributed by atoms with Gasteiger partial charge in [0.1, 0.15) is 0 Å². The number of piperidine rings is 1. The lowest BCUT2D eigenvalue weighted by Gasteiger charge is -2.36. The van der Waals surface area contributed by atoms with Gasteiger partial charge in [0.2, 0.25) is 0 Å². The van der Waals surface area contributed by atoms with Gasteiger partial charge < -0.3 is 10.0 Å². The van der Waals surface area contributed by atoms with Gasteiger partial charge in [-0.15, -0.1) is 0 Å². The maximum Gasteiger partial charge on any atom is 0.303 e. The van der Waals surface area contributed by atoms with Crippen molar-refractivity contribution in [3.05, 3.63) is 34.4 Å². The van der Waals surface area contributed by atoms with Crippen molar-refractivity contribution in [1.29, 1.82) is 0 Å². The quantitative estimate of drug-likeness (QED) is 0.859. The van der Waals surface area contributed by atoms with Crippen molar-refractivity contribution in [2.45, 2.75) is 38.1 Å². The van der Waals surface area contributed by atoms with Crippen molar-refractivity contribution in [2.24, 2.45) is 0 Å². The number of nitrogens with zero attached hydrogens (tertiary/aromatic N) is 1. The van der Waals surface area contributed by atoms with Gasteiger partial charge in [-0.3, -0.25) is 9.59 Å². The maximum absolute atomic E-state index is 13.4. The van der Waals surface area contributed by atoms with Crippen LogP contribution in [0.4, 0.5) is 8.78 Å². The summed E-state index contributed by atoms with van der Waals surface area (Å²) in [6, 6.07) is 1.35. The predicted molar refractivity (Wildman–Crippen MR) is 76.9 cm³/mol. The second kappa shape index (κ2) is 7.05. The van der Waals surface area contributed by atoms with Crippen molar-refractivity contribution >= 4 is 23.5 Å². The number of carboxylic acid groups (broad SMARTS) is 1. The maximum atomic E-state index is 13.4. The summed E-state index contributed by atoms with van der Waals surface area (Å²) in [6.45, 7) is 0.457. The van der Waals surface area contributed by atoms with Crippen molar-refractivity contribution in [3.63, 3.8) is 0 Å². The molecule has 1 N–H and O–H groups in total. The van der Waals surface area contributed by atoms with Gasteiger partial charge in [-0.1, -0.05) is 11.6 Å². The van der Waals surface area contributed by atoms with E-state index in [1.807, 2.05) is 0 Å². The van der Waals surface area contributed by atoms with Crippen molar-refractivity contribution < 1.29 is 23.5 Å². The van der Waals surface area contributed by atoms with Crippen molar-refractivity contribution in [3.8, 4) is 0 Å². The molecular formula is C15H16ClF2NO3. The molecule has 22 heavy (non-hydrogen) atoms. The fourth-order valence-corrected chi connectivity index (χ4v) is 2.93. The molecule has 1 aliphatic rings. The number of benzene rings is 1. The molecule has 1 amide bonds. The average Bonchev–Trinajstić information content (AvgIpc) is 2.48. The minimum absolute atomic E-state index is 0.0417. The Bertz CT molecular complexity index is 594. The lowest BCUT2D eigenvalue weighted by molar-refractivity contribution is -0.137. The highest BCUT2D eigenvalue weighted by molar-refractivity contribution is 6.33. The van der Waals surface area contributed by atoms with E-state index in [1.165, 1.54) is 4.90 Å². The number of carbonyl (C=O) groups is 2. The van der Waals surface area contributed by atoms with Crippen LogP contribution < -0.4 is 0 Å². The SMILES string of the molecule is O=C(O)CCC1CCCCN1C(=O)c1cc(F)c(F)cc1Cl. The van der Waals surface area contributed by atoms with Gasteiger partial charge in [-0.25, -0.2) is 8.78 Å². The second-order valence-electron chi connectivity index (χ2n) is 5.33. The minimum Gasteiger partial charge on any atom is -0.481 e. The van der Waals surface area contributed by atoms with Crippen LogP contribution in [-0.2, 0) is 4.79 Å². The van der Waals surface area contributed by atoms with Crippen LogP contribution in [-0.4, -0.2) is 34.5 Å². The molecule has 1 unspecified atom stereocenters. The molecule has 2 rings (SSSR count). The topological polar surface area (TPSA) is 57.6 Å². The number of likely N-dealkylation sites (tertiary alicyclic amines) is 1. The number of hydrogen-bond donors (Lipinski definition) is 1. The van der Waals surface area contributed by atoms with Crippen LogP contribution in [0.1, 0.15) is 42.5 Å². The second-order valence-corrected chi connectivity index (χ2v) is 5.73. The van der Waals surface area contributed by atoms with E-state index in [2.05, 4.69) is 0 Å². The molecule has 0 saturated carbocycles. The first-order chi connectivity index (χ1) is 10.4. The summed E-state index contributed by atoms with van der Waals surface area (Å²) in [5.41, 5.74) is -0.0946. The first-order valence-electron chi connectivity index (χ1n) is 7.07. The molecular weight excluding hydrogens is 316 g/mol. The molecule has 0 aromatic heterocycles. The summed E-state index contributed by atoms with van der Waals surface area (Å²) in [5, 5.41) is 8.63. The van der Waals surface area contributed by atoms with Gasteiger partial charge in [-0.2, -0.15) is 0 Å². The molecule has 1 aromatic rings. The molecule has 0 aliphatic carbocycles. The van der Waals surface area contributed by atoms with Crippen LogP contribution >= 0.6 is 11.6 Å². The average molecular weight is 332 g/mol. The molecule has 1 aromatic carbocycles. The van der Waals surface area contributed by atoms with Crippen LogP contribution in [0.2, 0.25) is 5.02 Å². The summed E-state index contributed by atoms with van der Waals surface area (Å²) < 4.78 is 26.5. The number of aliphatic carboxylic acids is 1. The van der Waals surface area contributed by atoms with Crippen LogP contribution in [0, 0.1) is 11.6 Å². The first kappa shape index (κ1) is 16.7. The molecule has 120 valence electrons. The fraction of sp³-hybridized carbons (Fsp3) is 0.467. The van der Waals surface area contributed by atoms with E-state index < -0.39 is 23.5 Å². The number of rotatable bonds is 4. The predicted octanol–water partition coefficient (Wildman–Crippen LogP) is 3.48. The van der Waals surface area contributed by atoms with Crippen molar-refractivity contribution in [2.75, 3.05) is 6.54 Å². The Balaban J connectivity index is 2.21. The molecule has 1 aliphatic heterocycles. The standard InChI is InChI=1S/C15H16ClF2NO3/c16-11-8-13(18)12(17)7-10(11)15(22)19-6-2-1-3-9(19)4-5-14(20)21/h7-9H,1-6H2,(H,20,21). The summed E-state index contributed by atoms with van der Waals surface area (Å²) in [7, 11) is 0. The van der Waals surface area contributed by atoms with Gasteiger partial charge in [0.05, 0.1) is 10.6 Å². The number of carboxylic acids is 1. The summed E-state index contributed by atoms with van der Waals surface area (Å²) >= 11 is 5.84. The van der Waals surface area contributed by atoms with Gasteiger partial charge in [0.25, 0.3) is 5.91 Å². The Morgan fingerprint density at radius 1 is 1.27 bits per heavy atom. The zero-order chi connectivity index (χ0) is 16.3. The molecule has 1 saturated heterocycles. The third kappa shape index (κ3) is 3.74. The normalized spacial score (nSPS) is 18.3. The zero-order valence-corrected chi connectivity index (χ0v) is 12.6. The van der Waals surface area contributed by atoms with Gasteiger partial charge in [0, 0.05) is 19.0 Å². The summed E-state index contributed by atoms with van der Waals surface area (Å²) in [4.78, 5) is 24.8. The van der Waals surface area contributed by atoms with Crippen LogP contribution in [0.15, 0.2) is 12.1 Å².